The van der Waals surface area contributed by atoms with Crippen molar-refractivity contribution < 1.29 is 9.32 Å². The number of amides is 1. The molecule has 0 aliphatic carbocycles. The number of carbonyl (C=O) groups excluding carboxylic acids is 1. The quantitative estimate of drug-likeness (QED) is 0.822. The smallest absolute Gasteiger partial charge is 0.276 e. The van der Waals surface area contributed by atoms with Crippen LogP contribution in [0.1, 0.15) is 36.0 Å². The highest BCUT2D eigenvalue weighted by Gasteiger charge is 2.34. The molecule has 0 saturated carbocycles. The highest BCUT2D eigenvalue weighted by Crippen LogP contribution is 2.31. The third-order valence-corrected chi connectivity index (χ3v) is 4.09. The molecule has 2 rings (SSSR count). The van der Waals surface area contributed by atoms with Gasteiger partial charge in [-0.2, -0.15) is 0 Å². The van der Waals surface area contributed by atoms with Crippen molar-refractivity contribution in [2.75, 3.05) is 13.1 Å². The Labute approximate surface area is 111 Å². The second kappa shape index (κ2) is 4.68. The van der Waals surface area contributed by atoms with Gasteiger partial charge in [0.2, 0.25) is 0 Å². The van der Waals surface area contributed by atoms with Crippen molar-refractivity contribution in [1.82, 2.24) is 10.1 Å². The molecule has 0 bridgehead atoms. The van der Waals surface area contributed by atoms with Gasteiger partial charge in [-0.1, -0.05) is 24.3 Å². The van der Waals surface area contributed by atoms with Gasteiger partial charge in [-0.25, -0.2) is 0 Å². The van der Waals surface area contributed by atoms with E-state index < -0.39 is 0 Å². The predicted molar refractivity (Wildman–Crippen MR) is 71.3 cm³/mol. The van der Waals surface area contributed by atoms with Gasteiger partial charge in [0, 0.05) is 24.6 Å². The maximum Gasteiger partial charge on any atom is 0.276 e. The summed E-state index contributed by atoms with van der Waals surface area (Å²) in [5.41, 5.74) is 5.97. The number of hydrogen-bond donors (Lipinski definition) is 1. The Morgan fingerprint density at radius 3 is 2.61 bits per heavy atom. The van der Waals surface area contributed by atoms with E-state index in [2.05, 4.69) is 12.1 Å². The van der Waals surface area contributed by atoms with Gasteiger partial charge < -0.3 is 15.2 Å². The van der Waals surface area contributed by atoms with Crippen molar-refractivity contribution in [1.29, 1.82) is 0 Å². The minimum atomic E-state index is -0.133. The average molecular weight is 267 g/mol. The van der Waals surface area contributed by atoms with Crippen LogP contribution in [0.3, 0.4) is 0 Å². The molecule has 1 amide bonds. The molecule has 1 aromatic heterocycles. The van der Waals surface area contributed by atoms with E-state index in [0.717, 1.165) is 12.8 Å². The summed E-state index contributed by atoms with van der Waals surface area (Å²) in [6.45, 7) is 5.12. The number of rotatable bonds is 2. The van der Waals surface area contributed by atoms with E-state index in [1.165, 1.54) is 0 Å². The SMILES string of the molecule is Cc1cc(C(=O)N2CCC(C)(C(N)=S)CC2)no1. The molecule has 0 aromatic carbocycles. The van der Waals surface area contributed by atoms with Crippen molar-refractivity contribution in [2.45, 2.75) is 26.7 Å². The number of nitrogens with zero attached hydrogens (tertiary/aromatic N) is 2. The van der Waals surface area contributed by atoms with Crippen LogP contribution >= 0.6 is 12.2 Å². The lowest BCUT2D eigenvalue weighted by Crippen LogP contribution is -2.46. The molecule has 0 radical (unpaired) electrons. The number of thiocarbonyl (C=S) groups is 1. The molecule has 5 nitrogen and oxygen atoms in total. The molecule has 0 atom stereocenters. The molecule has 2 heterocycles. The summed E-state index contributed by atoms with van der Waals surface area (Å²) in [5, 5.41) is 3.75. The fraction of sp³-hybridized carbons (Fsp3) is 0.583. The Balaban J connectivity index is 2.02. The first-order valence-electron chi connectivity index (χ1n) is 5.95. The lowest BCUT2D eigenvalue weighted by molar-refractivity contribution is 0.0660. The number of aryl methyl sites for hydroxylation is 1. The van der Waals surface area contributed by atoms with E-state index in [9.17, 15) is 4.79 Å². The maximum atomic E-state index is 12.1. The minimum absolute atomic E-state index is 0.0863. The molecule has 18 heavy (non-hydrogen) atoms. The zero-order valence-corrected chi connectivity index (χ0v) is 11.4. The molecule has 1 aliphatic heterocycles. The van der Waals surface area contributed by atoms with Gasteiger partial charge in [0.1, 0.15) is 5.76 Å². The number of likely N-dealkylation sites (tertiary alicyclic amines) is 1. The van der Waals surface area contributed by atoms with Crippen molar-refractivity contribution in [2.24, 2.45) is 11.1 Å². The third-order valence-electron chi connectivity index (χ3n) is 3.60. The normalized spacial score (nSPS) is 18.7. The molecule has 0 unspecified atom stereocenters. The van der Waals surface area contributed by atoms with Gasteiger partial charge in [-0.15, -0.1) is 0 Å². The molecule has 1 aliphatic rings. The minimum Gasteiger partial charge on any atom is -0.393 e. The van der Waals surface area contributed by atoms with Crippen LogP contribution in [0.4, 0.5) is 0 Å². The van der Waals surface area contributed by atoms with Gasteiger partial charge in [-0.05, 0) is 19.8 Å². The van der Waals surface area contributed by atoms with Crippen molar-refractivity contribution in [3.63, 3.8) is 0 Å². The van der Waals surface area contributed by atoms with E-state index in [4.69, 9.17) is 22.5 Å². The van der Waals surface area contributed by atoms with Crippen LogP contribution in [-0.2, 0) is 0 Å². The van der Waals surface area contributed by atoms with Crippen LogP contribution < -0.4 is 5.73 Å². The molecule has 1 fully saturated rings. The first kappa shape index (κ1) is 13.0. The molecule has 2 N–H and O–H groups in total. The van der Waals surface area contributed by atoms with E-state index in [0.29, 0.717) is 29.5 Å². The molecule has 0 spiro atoms. The lowest BCUT2D eigenvalue weighted by atomic mass is 9.80. The summed E-state index contributed by atoms with van der Waals surface area (Å²) in [6.07, 6.45) is 1.59. The molecule has 98 valence electrons. The second-order valence-corrected chi connectivity index (χ2v) is 5.48. The van der Waals surface area contributed by atoms with Crippen LogP contribution in [0.5, 0.6) is 0 Å². The van der Waals surface area contributed by atoms with Crippen LogP contribution in [-0.4, -0.2) is 34.0 Å². The fourth-order valence-corrected chi connectivity index (χ4v) is 2.28. The van der Waals surface area contributed by atoms with Crippen LogP contribution in [0, 0.1) is 12.3 Å². The van der Waals surface area contributed by atoms with E-state index in [1.54, 1.807) is 17.9 Å². The number of piperidine rings is 1. The van der Waals surface area contributed by atoms with E-state index in [1.807, 2.05) is 0 Å². The third kappa shape index (κ3) is 2.38. The molecule has 6 heteroatoms. The zero-order chi connectivity index (χ0) is 13.3. The lowest BCUT2D eigenvalue weighted by Gasteiger charge is -2.38. The zero-order valence-electron chi connectivity index (χ0n) is 10.6. The highest BCUT2D eigenvalue weighted by atomic mass is 32.1. The van der Waals surface area contributed by atoms with Crippen molar-refractivity contribution >= 4 is 23.1 Å². The summed E-state index contributed by atoms with van der Waals surface area (Å²) in [6, 6.07) is 1.66. The second-order valence-electron chi connectivity index (χ2n) is 5.04. The fourth-order valence-electron chi connectivity index (χ4n) is 2.08. The monoisotopic (exact) mass is 267 g/mol. The number of hydrogen-bond acceptors (Lipinski definition) is 4. The van der Waals surface area contributed by atoms with Gasteiger partial charge in [-0.3, -0.25) is 4.79 Å². The van der Waals surface area contributed by atoms with Crippen LogP contribution in [0.15, 0.2) is 10.6 Å². The largest absolute Gasteiger partial charge is 0.393 e. The van der Waals surface area contributed by atoms with E-state index >= 15 is 0 Å². The Kier molecular flexibility index (Phi) is 3.38. The number of nitrogens with two attached hydrogens (primary N) is 1. The first-order chi connectivity index (χ1) is 8.42. The molecular weight excluding hydrogens is 250 g/mol. The molecular formula is C12H17N3O2S. The standard InChI is InChI=1S/C12H17N3O2S/c1-8-7-9(14-17-8)10(16)15-5-3-12(2,4-6-15)11(13)18/h7H,3-6H2,1-2H3,(H2,13,18). The Bertz CT molecular complexity index is 475. The topological polar surface area (TPSA) is 72.4 Å². The molecule has 1 aromatic rings. The Morgan fingerprint density at radius 1 is 1.56 bits per heavy atom. The number of carbonyl (C=O) groups is 1. The maximum absolute atomic E-state index is 12.1. The first-order valence-corrected chi connectivity index (χ1v) is 6.36. The average Bonchev–Trinajstić information content (AvgIpc) is 2.76. The Morgan fingerprint density at radius 2 is 2.17 bits per heavy atom. The predicted octanol–water partition coefficient (Wildman–Crippen LogP) is 1.51. The van der Waals surface area contributed by atoms with Crippen LogP contribution in [0.2, 0.25) is 0 Å². The number of aromatic nitrogens is 1. The summed E-state index contributed by atoms with van der Waals surface area (Å²) in [4.78, 5) is 14.4. The van der Waals surface area contributed by atoms with Crippen molar-refractivity contribution in [3.8, 4) is 0 Å². The van der Waals surface area contributed by atoms with Gasteiger partial charge in [0.15, 0.2) is 5.69 Å². The van der Waals surface area contributed by atoms with Crippen LogP contribution in [0.25, 0.3) is 0 Å². The summed E-state index contributed by atoms with van der Waals surface area (Å²) >= 11 is 5.08. The van der Waals surface area contributed by atoms with Gasteiger partial charge in [0.05, 0.1) is 4.99 Å². The molecule has 1 saturated heterocycles. The Hall–Kier alpha value is -1.43. The summed E-state index contributed by atoms with van der Waals surface area (Å²) in [7, 11) is 0. The van der Waals surface area contributed by atoms with Gasteiger partial charge in [0.25, 0.3) is 5.91 Å². The van der Waals surface area contributed by atoms with Gasteiger partial charge >= 0.3 is 0 Å². The van der Waals surface area contributed by atoms with E-state index in [-0.39, 0.29) is 11.3 Å². The summed E-state index contributed by atoms with van der Waals surface area (Å²) in [5.74, 6) is 0.556. The van der Waals surface area contributed by atoms with Crippen molar-refractivity contribution in [3.05, 3.63) is 17.5 Å². The highest BCUT2D eigenvalue weighted by molar-refractivity contribution is 7.80. The summed E-state index contributed by atoms with van der Waals surface area (Å²) < 4.78 is 4.92.